The second kappa shape index (κ2) is 14.7. The van der Waals surface area contributed by atoms with Crippen LogP contribution in [0.15, 0.2) is 17.1 Å². The molecule has 38 heavy (non-hydrogen) atoms. The molecule has 0 aliphatic carbocycles. The summed E-state index contributed by atoms with van der Waals surface area (Å²) >= 11 is 0. The second-order valence-corrected chi connectivity index (χ2v) is 10.6. The van der Waals surface area contributed by atoms with Crippen molar-refractivity contribution >= 4 is 15.6 Å². The van der Waals surface area contributed by atoms with Crippen LogP contribution in [0, 0.1) is 0 Å². The molecule has 206 valence electrons. The summed E-state index contributed by atoms with van der Waals surface area (Å²) in [6.45, 7) is -2.01. The molecule has 1 aromatic rings. The molecule has 0 aromatic carbocycles. The molecule has 23 heteroatoms. The Bertz CT molecular complexity index is 1080. The zero-order valence-electron chi connectivity index (χ0n) is 19.8. The van der Waals surface area contributed by atoms with E-state index in [4.69, 9.17) is 14.6 Å². The maximum atomic E-state index is 12.1. The van der Waals surface area contributed by atoms with E-state index >= 15 is 0 Å². The van der Waals surface area contributed by atoms with Gasteiger partial charge in [0.15, 0.2) is 12.5 Å². The average molecular weight is 610 g/mol. The van der Waals surface area contributed by atoms with Crippen molar-refractivity contribution in [1.29, 1.82) is 0 Å². The fourth-order valence-electron chi connectivity index (χ4n) is 3.31. The number of phosphoric acid groups is 2. The molecular formula is C15H22N2Na2O17P2. The zero-order chi connectivity index (χ0) is 27.0. The van der Waals surface area contributed by atoms with Crippen LogP contribution in [0.4, 0.5) is 0 Å². The van der Waals surface area contributed by atoms with Crippen molar-refractivity contribution in [1.82, 2.24) is 9.55 Å². The first-order chi connectivity index (χ1) is 16.7. The summed E-state index contributed by atoms with van der Waals surface area (Å²) in [7, 11) is -11.4. The first kappa shape index (κ1) is 36.6. The van der Waals surface area contributed by atoms with Gasteiger partial charge in [-0.25, -0.2) is 18.7 Å². The van der Waals surface area contributed by atoms with Crippen molar-refractivity contribution < 1.29 is 137 Å². The minimum Gasteiger partial charge on any atom is -0.858 e. The topological polar surface area (TPSA) is 303 Å². The normalized spacial score (nSPS) is 36.4. The van der Waals surface area contributed by atoms with Crippen LogP contribution in [-0.4, -0.2) is 107 Å². The van der Waals surface area contributed by atoms with E-state index in [9.17, 15) is 54.4 Å². The van der Waals surface area contributed by atoms with Crippen LogP contribution in [0.25, 0.3) is 0 Å². The molecule has 1 aromatic heterocycles. The van der Waals surface area contributed by atoms with Crippen molar-refractivity contribution in [3.8, 4) is 5.88 Å². The largest absolute Gasteiger partial charge is 1.00 e. The third-order valence-corrected chi connectivity index (χ3v) is 7.67. The average Bonchev–Trinajstić information content (AvgIpc) is 3.06. The van der Waals surface area contributed by atoms with Gasteiger partial charge in [-0.15, -0.1) is 0 Å². The van der Waals surface area contributed by atoms with Gasteiger partial charge in [-0.05, 0) is 11.9 Å². The Labute approximate surface area is 257 Å². The Kier molecular flexibility index (Phi) is 14.2. The molecule has 19 nitrogen and oxygen atoms in total. The number of aliphatic hydroxyl groups is 6. The van der Waals surface area contributed by atoms with Crippen LogP contribution in [0.2, 0.25) is 0 Å². The Morgan fingerprint density at radius 3 is 2.18 bits per heavy atom. The van der Waals surface area contributed by atoms with Crippen molar-refractivity contribution in [2.75, 3.05) is 13.2 Å². The van der Waals surface area contributed by atoms with Gasteiger partial charge < -0.3 is 59.5 Å². The maximum absolute atomic E-state index is 12.1. The van der Waals surface area contributed by atoms with Gasteiger partial charge in [0.1, 0.15) is 42.7 Å². The van der Waals surface area contributed by atoms with Gasteiger partial charge in [0, 0.05) is 6.20 Å². The summed E-state index contributed by atoms with van der Waals surface area (Å²) < 4.78 is 47.5. The summed E-state index contributed by atoms with van der Waals surface area (Å²) in [4.78, 5) is 36.7. The number of ether oxygens (including phenoxy) is 2. The molecule has 11 atom stereocenters. The second-order valence-electron chi connectivity index (χ2n) is 7.60. The van der Waals surface area contributed by atoms with Gasteiger partial charge >= 0.3 is 72.6 Å². The number of aliphatic hydroxyl groups excluding tert-OH is 6. The summed E-state index contributed by atoms with van der Waals surface area (Å²) in [5, 5.41) is 69.6. The van der Waals surface area contributed by atoms with Crippen LogP contribution in [-0.2, 0) is 32.0 Å². The molecule has 7 N–H and O–H groups in total. The van der Waals surface area contributed by atoms with Gasteiger partial charge in [0.25, 0.3) is 7.82 Å². The van der Waals surface area contributed by atoms with Crippen molar-refractivity contribution in [2.45, 2.75) is 55.2 Å². The van der Waals surface area contributed by atoms with Gasteiger partial charge in [0.05, 0.1) is 13.2 Å². The zero-order valence-corrected chi connectivity index (χ0v) is 25.6. The van der Waals surface area contributed by atoms with Crippen LogP contribution < -0.4 is 74.8 Å². The summed E-state index contributed by atoms with van der Waals surface area (Å²) in [6, 6.07) is 0.863. The number of hydrogen-bond acceptors (Lipinski definition) is 17. The van der Waals surface area contributed by atoms with Gasteiger partial charge in [-0.2, -0.15) is 0 Å². The molecule has 0 saturated carbocycles. The molecular weight excluding hydrogens is 588 g/mol. The summed E-state index contributed by atoms with van der Waals surface area (Å²) in [6.07, 6.45) is -15.7. The van der Waals surface area contributed by atoms with E-state index in [1.807, 2.05) is 0 Å². The van der Waals surface area contributed by atoms with E-state index in [2.05, 4.69) is 18.3 Å². The first-order valence-electron chi connectivity index (χ1n) is 9.92. The Hall–Kier alpha value is 0.620. The predicted octanol–water partition coefficient (Wildman–Crippen LogP) is -11.6. The Balaban J connectivity index is 0.00000361. The number of phosphoric ester groups is 2. The first-order valence-corrected chi connectivity index (χ1v) is 12.9. The van der Waals surface area contributed by atoms with E-state index in [0.29, 0.717) is 4.57 Å². The number of aromatic nitrogens is 2. The molecule has 0 radical (unpaired) electrons. The summed E-state index contributed by atoms with van der Waals surface area (Å²) in [5.74, 6) is -0.882. The SMILES string of the molecule is O=c1nc([O-])ccn1[C@@H]1O[C@H](COP(=O)([O-])OP(=O)(O)O[C@H]2O[C@H](CO)[C@@H](O)[C@H](O)[C@H]2O)[C@@H](O)[C@H]1O.[Na+].[Na+]. The van der Waals surface area contributed by atoms with Gasteiger partial charge in [0.2, 0.25) is 0 Å². The van der Waals surface area contributed by atoms with Crippen LogP contribution in [0.3, 0.4) is 0 Å². The molecule has 3 rings (SSSR count). The van der Waals surface area contributed by atoms with E-state index in [1.54, 1.807) is 0 Å². The van der Waals surface area contributed by atoms with Crippen LogP contribution >= 0.6 is 15.6 Å². The van der Waals surface area contributed by atoms with E-state index in [-0.39, 0.29) is 59.1 Å². The molecule has 2 aliphatic rings. The smallest absolute Gasteiger partial charge is 0.858 e. The standard InChI is InChI=1S/C15H24N2O17P2.2Na/c18-3-5-8(20)10(22)12(24)14(32-5)33-36(28,29)34-35(26,27)30-4-6-9(21)11(23)13(31-6)17-2-1-7(19)16-15(17)25;;/h1-2,5-6,8-14,18,20-24H,3-4H2,(H,26,27)(H,28,29)(H,16,19,25);;/q;2*+1/p-2/t5-,6-,8-,9-,10+,11-,12-,13-,14-;;/m1../s1. The van der Waals surface area contributed by atoms with Gasteiger partial charge in [-0.3, -0.25) is 13.7 Å². The Morgan fingerprint density at radius 1 is 1.00 bits per heavy atom. The quantitative estimate of drug-likeness (QED) is 0.101. The van der Waals surface area contributed by atoms with Crippen molar-refractivity contribution in [3.05, 3.63) is 22.7 Å². The van der Waals surface area contributed by atoms with E-state index < -0.39 is 95.7 Å². The van der Waals surface area contributed by atoms with Crippen molar-refractivity contribution in [3.63, 3.8) is 0 Å². The molecule has 0 bridgehead atoms. The minimum absolute atomic E-state index is 0. The fraction of sp³-hybridized carbons (Fsp3) is 0.733. The third kappa shape index (κ3) is 8.81. The maximum Gasteiger partial charge on any atom is 1.00 e. The monoisotopic (exact) mass is 610 g/mol. The third-order valence-electron chi connectivity index (χ3n) is 5.10. The van der Waals surface area contributed by atoms with E-state index in [1.165, 1.54) is 0 Å². The van der Waals surface area contributed by atoms with Crippen LogP contribution in [0.1, 0.15) is 6.23 Å². The predicted molar refractivity (Wildman–Crippen MR) is 103 cm³/mol. The fourth-order valence-corrected chi connectivity index (χ4v) is 5.43. The Morgan fingerprint density at radius 2 is 1.61 bits per heavy atom. The number of hydrogen-bond donors (Lipinski definition) is 7. The van der Waals surface area contributed by atoms with Crippen molar-refractivity contribution in [2.24, 2.45) is 0 Å². The minimum atomic E-state index is -5.74. The molecule has 2 fully saturated rings. The number of rotatable bonds is 9. The molecule has 2 aliphatic heterocycles. The molecule has 2 unspecified atom stereocenters. The molecule has 0 amide bonds. The number of nitrogens with zero attached hydrogens (tertiary/aromatic N) is 2. The van der Waals surface area contributed by atoms with Gasteiger partial charge in [-0.1, -0.05) is 0 Å². The molecule has 0 spiro atoms. The van der Waals surface area contributed by atoms with Crippen LogP contribution in [0.5, 0.6) is 5.88 Å². The molecule has 3 heterocycles. The summed E-state index contributed by atoms with van der Waals surface area (Å²) in [5.41, 5.74) is -1.13. The molecule has 2 saturated heterocycles. The van der Waals surface area contributed by atoms with E-state index in [0.717, 1.165) is 12.3 Å².